The van der Waals surface area contributed by atoms with Crippen molar-refractivity contribution in [3.8, 4) is 0 Å². The molecule has 114 valence electrons. The van der Waals surface area contributed by atoms with Crippen LogP contribution >= 0.6 is 0 Å². The number of hydrogen-bond acceptors (Lipinski definition) is 3. The average molecular weight is 296 g/mol. The average Bonchev–Trinajstić information content (AvgIpc) is 2.55. The molecule has 0 radical (unpaired) electrons. The summed E-state index contributed by atoms with van der Waals surface area (Å²) in [6, 6.07) is 0. The van der Waals surface area contributed by atoms with E-state index in [1.807, 2.05) is 6.92 Å². The fourth-order valence-electron chi connectivity index (χ4n) is 5.81. The van der Waals surface area contributed by atoms with Gasteiger partial charge in [0.05, 0.1) is 12.2 Å². The van der Waals surface area contributed by atoms with Gasteiger partial charge in [0.1, 0.15) is 5.41 Å². The zero-order valence-electron chi connectivity index (χ0n) is 13.7. The van der Waals surface area contributed by atoms with Gasteiger partial charge in [-0.1, -0.05) is 20.3 Å². The summed E-state index contributed by atoms with van der Waals surface area (Å²) in [7, 11) is -1.69. The van der Waals surface area contributed by atoms with Crippen LogP contribution < -0.4 is 0 Å². The molecule has 3 aliphatic rings. The molecule has 3 saturated carbocycles. The first-order chi connectivity index (χ1) is 9.15. The monoisotopic (exact) mass is 296 g/mol. The van der Waals surface area contributed by atoms with Crippen LogP contribution in [0.1, 0.15) is 40.0 Å². The highest BCUT2D eigenvalue weighted by Crippen LogP contribution is 2.90. The lowest BCUT2D eigenvalue weighted by atomic mass is 9.62. The predicted octanol–water partition coefficient (Wildman–Crippen LogP) is 3.60. The molecule has 0 aromatic carbocycles. The maximum absolute atomic E-state index is 12.8. The minimum Gasteiger partial charge on any atom is -0.465 e. The standard InChI is InChI=1S/C16H28O3Si/c1-7-18-13(17)16-12(14(16,2)3)11-9-8-10-15(11,16)19-20(4,5)6/h11-12H,7-10H2,1-6H3/t11-,12+,15+,16-/m0/s1. The second kappa shape index (κ2) is 3.89. The summed E-state index contributed by atoms with van der Waals surface area (Å²) in [4.78, 5) is 12.8. The summed E-state index contributed by atoms with van der Waals surface area (Å²) in [6.07, 6.45) is 3.46. The van der Waals surface area contributed by atoms with E-state index in [9.17, 15) is 4.79 Å². The summed E-state index contributed by atoms with van der Waals surface area (Å²) in [6.45, 7) is 13.5. The van der Waals surface area contributed by atoms with Crippen molar-refractivity contribution < 1.29 is 14.0 Å². The molecule has 0 aromatic heterocycles. The third-order valence-electron chi connectivity index (χ3n) is 5.99. The van der Waals surface area contributed by atoms with Crippen molar-refractivity contribution in [2.24, 2.45) is 22.7 Å². The first-order valence-corrected chi connectivity index (χ1v) is 11.4. The summed E-state index contributed by atoms with van der Waals surface area (Å²) in [5.74, 6) is 1.06. The van der Waals surface area contributed by atoms with E-state index in [0.717, 1.165) is 6.42 Å². The molecule has 0 amide bonds. The summed E-state index contributed by atoms with van der Waals surface area (Å²) in [5, 5.41) is 0. The molecule has 3 rings (SSSR count). The van der Waals surface area contributed by atoms with Gasteiger partial charge in [-0.2, -0.15) is 0 Å². The highest BCUT2D eigenvalue weighted by atomic mass is 28.4. The van der Waals surface area contributed by atoms with Crippen molar-refractivity contribution in [3.63, 3.8) is 0 Å². The first kappa shape index (κ1) is 14.6. The zero-order chi connectivity index (χ0) is 15.0. The van der Waals surface area contributed by atoms with E-state index >= 15 is 0 Å². The number of rotatable bonds is 4. The molecule has 4 atom stereocenters. The molecule has 0 N–H and O–H groups in total. The molecule has 0 saturated heterocycles. The Labute approximate surface area is 123 Å². The van der Waals surface area contributed by atoms with Crippen LogP contribution in [0.5, 0.6) is 0 Å². The summed E-state index contributed by atoms with van der Waals surface area (Å²) < 4.78 is 12.2. The molecule has 0 unspecified atom stereocenters. The Morgan fingerprint density at radius 2 is 1.95 bits per heavy atom. The van der Waals surface area contributed by atoms with Gasteiger partial charge in [0.2, 0.25) is 0 Å². The molecule has 0 heterocycles. The molecule has 3 nitrogen and oxygen atoms in total. The maximum Gasteiger partial charge on any atom is 0.315 e. The maximum atomic E-state index is 12.8. The molecule has 3 aliphatic carbocycles. The Kier molecular flexibility index (Phi) is 2.83. The highest BCUT2D eigenvalue weighted by Gasteiger charge is 2.96. The van der Waals surface area contributed by atoms with Gasteiger partial charge in [0.15, 0.2) is 8.32 Å². The quantitative estimate of drug-likeness (QED) is 0.587. The lowest BCUT2D eigenvalue weighted by molar-refractivity contribution is -0.185. The fraction of sp³-hybridized carbons (Fsp3) is 0.938. The number of carbonyl (C=O) groups excluding carboxylic acids is 1. The molecule has 3 fully saturated rings. The van der Waals surface area contributed by atoms with Crippen molar-refractivity contribution in [2.75, 3.05) is 6.61 Å². The number of hydrogen-bond donors (Lipinski definition) is 0. The van der Waals surface area contributed by atoms with Crippen LogP contribution in [-0.4, -0.2) is 26.5 Å². The van der Waals surface area contributed by atoms with E-state index in [1.54, 1.807) is 0 Å². The van der Waals surface area contributed by atoms with E-state index in [2.05, 4.69) is 33.5 Å². The molecule has 0 aliphatic heterocycles. The Morgan fingerprint density at radius 1 is 1.30 bits per heavy atom. The smallest absolute Gasteiger partial charge is 0.315 e. The van der Waals surface area contributed by atoms with Gasteiger partial charge in [0.25, 0.3) is 0 Å². The Balaban J connectivity index is 2.00. The number of esters is 1. The number of ether oxygens (including phenoxy) is 1. The molecular weight excluding hydrogens is 268 g/mol. The third kappa shape index (κ3) is 1.37. The number of fused-ring (bicyclic) bond motifs is 4. The molecule has 20 heavy (non-hydrogen) atoms. The van der Waals surface area contributed by atoms with Crippen molar-refractivity contribution in [2.45, 2.75) is 65.3 Å². The van der Waals surface area contributed by atoms with E-state index in [0.29, 0.717) is 18.4 Å². The second-order valence-corrected chi connectivity index (χ2v) is 12.8. The topological polar surface area (TPSA) is 35.5 Å². The SMILES string of the molecule is CCOC(=O)[C@]12[C@H]([C@@H]3CCC[C@@]31O[Si](C)(C)C)C2(C)C. The van der Waals surface area contributed by atoms with Gasteiger partial charge in [-0.15, -0.1) is 0 Å². The van der Waals surface area contributed by atoms with Crippen molar-refractivity contribution in [1.82, 2.24) is 0 Å². The highest BCUT2D eigenvalue weighted by molar-refractivity contribution is 6.69. The van der Waals surface area contributed by atoms with Crippen LogP contribution in [0, 0.1) is 22.7 Å². The predicted molar refractivity (Wildman–Crippen MR) is 80.8 cm³/mol. The van der Waals surface area contributed by atoms with E-state index < -0.39 is 8.32 Å². The normalized spacial score (nSPS) is 44.3. The molecule has 0 spiro atoms. The molecule has 4 heteroatoms. The van der Waals surface area contributed by atoms with Gasteiger partial charge in [-0.3, -0.25) is 4.79 Å². The van der Waals surface area contributed by atoms with Crippen LogP contribution in [0.3, 0.4) is 0 Å². The van der Waals surface area contributed by atoms with Crippen LogP contribution in [0.25, 0.3) is 0 Å². The Bertz CT molecular complexity index is 453. The summed E-state index contributed by atoms with van der Waals surface area (Å²) in [5.41, 5.74) is -0.515. The third-order valence-corrected chi connectivity index (χ3v) is 6.97. The molecular formula is C16H28O3Si. The summed E-state index contributed by atoms with van der Waals surface area (Å²) >= 11 is 0. The van der Waals surface area contributed by atoms with Gasteiger partial charge < -0.3 is 9.16 Å². The fourth-order valence-corrected chi connectivity index (χ4v) is 7.32. The van der Waals surface area contributed by atoms with Gasteiger partial charge >= 0.3 is 5.97 Å². The van der Waals surface area contributed by atoms with Gasteiger partial charge in [-0.05, 0) is 56.7 Å². The Hall–Kier alpha value is -0.353. The van der Waals surface area contributed by atoms with E-state index in [1.165, 1.54) is 12.8 Å². The minimum absolute atomic E-state index is 0.00593. The van der Waals surface area contributed by atoms with Crippen LogP contribution in [0.2, 0.25) is 19.6 Å². The van der Waals surface area contributed by atoms with Crippen LogP contribution in [0.15, 0.2) is 0 Å². The van der Waals surface area contributed by atoms with Gasteiger partial charge in [0, 0.05) is 0 Å². The Morgan fingerprint density at radius 3 is 2.50 bits per heavy atom. The largest absolute Gasteiger partial charge is 0.465 e. The lowest BCUT2D eigenvalue weighted by Crippen LogP contribution is -2.63. The van der Waals surface area contributed by atoms with Crippen molar-refractivity contribution in [1.29, 1.82) is 0 Å². The van der Waals surface area contributed by atoms with Crippen molar-refractivity contribution >= 4 is 14.3 Å². The first-order valence-electron chi connectivity index (χ1n) is 8.02. The van der Waals surface area contributed by atoms with E-state index in [4.69, 9.17) is 9.16 Å². The molecule has 0 aromatic rings. The molecule has 0 bridgehead atoms. The zero-order valence-corrected chi connectivity index (χ0v) is 14.7. The van der Waals surface area contributed by atoms with Gasteiger partial charge in [-0.25, -0.2) is 0 Å². The van der Waals surface area contributed by atoms with E-state index in [-0.39, 0.29) is 22.4 Å². The van der Waals surface area contributed by atoms with Crippen LogP contribution in [-0.2, 0) is 14.0 Å². The minimum atomic E-state index is -1.69. The second-order valence-electron chi connectivity index (χ2n) is 8.33. The number of carbonyl (C=O) groups is 1. The van der Waals surface area contributed by atoms with Crippen molar-refractivity contribution in [3.05, 3.63) is 0 Å². The lowest BCUT2D eigenvalue weighted by Gasteiger charge is -2.53. The van der Waals surface area contributed by atoms with Crippen LogP contribution in [0.4, 0.5) is 0 Å².